The number of likely N-dealkylation sites (tertiary alicyclic amines) is 1. The molecule has 0 aromatic carbocycles. The molecule has 0 radical (unpaired) electrons. The van der Waals surface area contributed by atoms with Gasteiger partial charge in [-0.25, -0.2) is 4.79 Å². The van der Waals surface area contributed by atoms with E-state index in [9.17, 15) is 9.59 Å². The molecule has 2 fully saturated rings. The minimum Gasteiger partial charge on any atom is -0.468 e. The third-order valence-electron chi connectivity index (χ3n) is 5.20. The molecule has 0 aromatic rings. The van der Waals surface area contributed by atoms with Crippen molar-refractivity contribution in [3.05, 3.63) is 0 Å². The highest BCUT2D eigenvalue weighted by Gasteiger charge is 2.58. The lowest BCUT2D eigenvalue weighted by atomic mass is 9.72. The van der Waals surface area contributed by atoms with Crippen molar-refractivity contribution in [3.8, 4) is 0 Å². The van der Waals surface area contributed by atoms with Crippen molar-refractivity contribution in [3.63, 3.8) is 0 Å². The van der Waals surface area contributed by atoms with E-state index in [4.69, 9.17) is 15.2 Å². The van der Waals surface area contributed by atoms with Crippen molar-refractivity contribution in [2.45, 2.75) is 58.6 Å². The molecule has 23 heavy (non-hydrogen) atoms. The summed E-state index contributed by atoms with van der Waals surface area (Å²) in [5.41, 5.74) is 5.53. The lowest BCUT2D eigenvalue weighted by Crippen LogP contribution is -2.52. The summed E-state index contributed by atoms with van der Waals surface area (Å²) < 4.78 is 10.3. The average Bonchev–Trinajstić information content (AvgIpc) is 3.25. The molecule has 1 amide bonds. The number of hydrogen-bond donors (Lipinski definition) is 1. The van der Waals surface area contributed by atoms with E-state index in [1.54, 1.807) is 4.90 Å². The Hall–Kier alpha value is -1.30. The third kappa shape index (κ3) is 3.79. The normalized spacial score (nSPS) is 28.0. The van der Waals surface area contributed by atoms with Crippen LogP contribution in [0, 0.1) is 17.3 Å². The molecule has 3 unspecified atom stereocenters. The maximum Gasteiger partial charge on any atom is 0.410 e. The van der Waals surface area contributed by atoms with Crippen molar-refractivity contribution in [2.24, 2.45) is 23.0 Å². The number of amides is 1. The molecule has 1 heterocycles. The second-order valence-electron chi connectivity index (χ2n) is 8.03. The molecule has 2 rings (SSSR count). The van der Waals surface area contributed by atoms with Gasteiger partial charge in [-0.15, -0.1) is 0 Å². The number of nitrogens with two attached hydrogens (primary N) is 1. The number of hydrogen-bond acceptors (Lipinski definition) is 5. The van der Waals surface area contributed by atoms with Gasteiger partial charge in [0, 0.05) is 13.1 Å². The molecule has 6 heteroatoms. The first-order valence-corrected chi connectivity index (χ1v) is 8.42. The van der Waals surface area contributed by atoms with E-state index >= 15 is 0 Å². The number of methoxy groups -OCH3 is 1. The second-order valence-corrected chi connectivity index (χ2v) is 8.03. The Kier molecular flexibility index (Phi) is 4.95. The minimum absolute atomic E-state index is 0.146. The molecule has 0 spiro atoms. The van der Waals surface area contributed by atoms with Gasteiger partial charge in [0.05, 0.1) is 7.11 Å². The number of esters is 1. The van der Waals surface area contributed by atoms with Crippen LogP contribution in [-0.2, 0) is 14.3 Å². The second kappa shape index (κ2) is 6.30. The fourth-order valence-electron chi connectivity index (χ4n) is 3.91. The Bertz CT molecular complexity index is 468. The number of rotatable bonds is 3. The Morgan fingerprint density at radius 3 is 2.35 bits per heavy atom. The van der Waals surface area contributed by atoms with Gasteiger partial charge < -0.3 is 20.1 Å². The summed E-state index contributed by atoms with van der Waals surface area (Å²) in [6, 6.07) is -0.562. The molecule has 132 valence electrons. The van der Waals surface area contributed by atoms with Crippen LogP contribution in [0.1, 0.15) is 47.0 Å². The number of nitrogens with zero attached hydrogens (tertiary/aromatic N) is 1. The third-order valence-corrected chi connectivity index (χ3v) is 5.20. The van der Waals surface area contributed by atoms with Gasteiger partial charge in [0.2, 0.25) is 0 Å². The van der Waals surface area contributed by atoms with Gasteiger partial charge in [-0.2, -0.15) is 0 Å². The molecule has 1 saturated carbocycles. The summed E-state index contributed by atoms with van der Waals surface area (Å²) >= 11 is 0. The van der Waals surface area contributed by atoms with Crippen LogP contribution in [0.2, 0.25) is 0 Å². The standard InChI is InChI=1S/C17H30N2O4/c1-11-10-19(15(21)23-16(2,3)4)9-6-12(11)17(7-8-17)13(18)14(20)22-5/h11-13H,6-10,18H2,1-5H3. The van der Waals surface area contributed by atoms with Gasteiger partial charge in [0.1, 0.15) is 11.6 Å². The molecule has 0 bridgehead atoms. The van der Waals surface area contributed by atoms with Crippen LogP contribution < -0.4 is 5.73 Å². The molecule has 3 atom stereocenters. The van der Waals surface area contributed by atoms with Crippen LogP contribution in [0.3, 0.4) is 0 Å². The zero-order chi connectivity index (χ0) is 17.4. The molecule has 1 aliphatic carbocycles. The molecular weight excluding hydrogens is 296 g/mol. The van der Waals surface area contributed by atoms with Crippen molar-refractivity contribution in [2.75, 3.05) is 20.2 Å². The lowest BCUT2D eigenvalue weighted by Gasteiger charge is -2.42. The molecular formula is C17H30N2O4. The summed E-state index contributed by atoms with van der Waals surface area (Å²) in [4.78, 5) is 25.8. The van der Waals surface area contributed by atoms with Gasteiger partial charge in [-0.1, -0.05) is 6.92 Å². The summed E-state index contributed by atoms with van der Waals surface area (Å²) in [7, 11) is 1.38. The Labute approximate surface area is 138 Å². The van der Waals surface area contributed by atoms with Gasteiger partial charge in [0.25, 0.3) is 0 Å². The Morgan fingerprint density at radius 2 is 1.91 bits per heavy atom. The number of carbonyl (C=O) groups is 2. The van der Waals surface area contributed by atoms with Gasteiger partial charge in [-0.05, 0) is 57.3 Å². The van der Waals surface area contributed by atoms with E-state index in [-0.39, 0.29) is 23.4 Å². The van der Waals surface area contributed by atoms with Crippen LogP contribution in [-0.4, -0.2) is 48.8 Å². The predicted octanol–water partition coefficient (Wildman–Crippen LogP) is 2.16. The number of carbonyl (C=O) groups excluding carboxylic acids is 2. The van der Waals surface area contributed by atoms with Gasteiger partial charge in [-0.3, -0.25) is 4.79 Å². The molecule has 2 aliphatic rings. The first kappa shape index (κ1) is 18.0. The van der Waals surface area contributed by atoms with Gasteiger partial charge in [0.15, 0.2) is 0 Å². The van der Waals surface area contributed by atoms with E-state index < -0.39 is 11.6 Å². The van der Waals surface area contributed by atoms with Crippen molar-refractivity contribution in [1.82, 2.24) is 4.90 Å². The fraction of sp³-hybridized carbons (Fsp3) is 0.882. The van der Waals surface area contributed by atoms with E-state index in [0.29, 0.717) is 19.0 Å². The monoisotopic (exact) mass is 326 g/mol. The molecule has 0 aromatic heterocycles. The maximum atomic E-state index is 12.2. The lowest BCUT2D eigenvalue weighted by molar-refractivity contribution is -0.145. The minimum atomic E-state index is -0.562. The van der Waals surface area contributed by atoms with Crippen molar-refractivity contribution < 1.29 is 19.1 Å². The summed E-state index contributed by atoms with van der Waals surface area (Å²) in [5.74, 6) is 0.300. The first-order valence-electron chi connectivity index (χ1n) is 8.42. The number of ether oxygens (including phenoxy) is 2. The smallest absolute Gasteiger partial charge is 0.410 e. The zero-order valence-electron chi connectivity index (χ0n) is 14.9. The van der Waals surface area contributed by atoms with E-state index in [0.717, 1.165) is 19.3 Å². The van der Waals surface area contributed by atoms with Crippen molar-refractivity contribution in [1.29, 1.82) is 0 Å². The van der Waals surface area contributed by atoms with E-state index in [2.05, 4.69) is 6.92 Å². The topological polar surface area (TPSA) is 81.9 Å². The molecule has 1 aliphatic heterocycles. The van der Waals surface area contributed by atoms with Crippen LogP contribution in [0.5, 0.6) is 0 Å². The van der Waals surface area contributed by atoms with Crippen LogP contribution in [0.25, 0.3) is 0 Å². The average molecular weight is 326 g/mol. The number of piperidine rings is 1. The highest BCUT2D eigenvalue weighted by molar-refractivity contribution is 5.77. The SMILES string of the molecule is COC(=O)C(N)C1(C2CCN(C(=O)OC(C)(C)C)CC2C)CC1. The van der Waals surface area contributed by atoms with Crippen LogP contribution in [0.15, 0.2) is 0 Å². The summed E-state index contributed by atoms with van der Waals surface area (Å²) in [6.45, 7) is 9.04. The Morgan fingerprint density at radius 1 is 1.30 bits per heavy atom. The quantitative estimate of drug-likeness (QED) is 0.804. The van der Waals surface area contributed by atoms with E-state index in [1.165, 1.54) is 7.11 Å². The molecule has 2 N–H and O–H groups in total. The van der Waals surface area contributed by atoms with E-state index in [1.807, 2.05) is 20.8 Å². The van der Waals surface area contributed by atoms with Gasteiger partial charge >= 0.3 is 12.1 Å². The van der Waals surface area contributed by atoms with Crippen LogP contribution >= 0.6 is 0 Å². The van der Waals surface area contributed by atoms with Crippen molar-refractivity contribution >= 4 is 12.1 Å². The first-order chi connectivity index (χ1) is 10.6. The zero-order valence-corrected chi connectivity index (χ0v) is 14.9. The largest absolute Gasteiger partial charge is 0.468 e. The predicted molar refractivity (Wildman–Crippen MR) is 86.7 cm³/mol. The fourth-order valence-corrected chi connectivity index (χ4v) is 3.91. The van der Waals surface area contributed by atoms with Crippen LogP contribution in [0.4, 0.5) is 4.79 Å². The maximum absolute atomic E-state index is 12.2. The summed E-state index contributed by atoms with van der Waals surface area (Å²) in [5, 5.41) is 0. The Balaban J connectivity index is 1.99. The summed E-state index contributed by atoms with van der Waals surface area (Å²) in [6.07, 6.45) is 2.52. The molecule has 1 saturated heterocycles. The molecule has 6 nitrogen and oxygen atoms in total. The highest BCUT2D eigenvalue weighted by atomic mass is 16.6. The highest BCUT2D eigenvalue weighted by Crippen LogP contribution is 2.58.